The van der Waals surface area contributed by atoms with E-state index in [1.165, 1.54) is 4.90 Å². The fourth-order valence-corrected chi connectivity index (χ4v) is 3.02. The average Bonchev–Trinajstić information content (AvgIpc) is 2.92. The third-order valence-corrected chi connectivity index (χ3v) is 4.13. The molecule has 0 saturated carbocycles. The van der Waals surface area contributed by atoms with Crippen LogP contribution in [0.15, 0.2) is 40.1 Å². The van der Waals surface area contributed by atoms with Crippen LogP contribution in [0.25, 0.3) is 0 Å². The highest BCUT2D eigenvalue weighted by Gasteiger charge is 2.08. The quantitative estimate of drug-likeness (QED) is 0.596. The Bertz CT molecular complexity index is 452. The lowest BCUT2D eigenvalue weighted by Crippen LogP contribution is -2.02. The van der Waals surface area contributed by atoms with Gasteiger partial charge in [-0.25, -0.2) is 4.98 Å². The van der Waals surface area contributed by atoms with E-state index in [9.17, 15) is 0 Å². The number of methoxy groups -OCH3 is 2. The topological polar surface area (TPSA) is 31.4 Å². The first kappa shape index (κ1) is 13.5. The number of ether oxygens (including phenoxy) is 2. The number of hydrogen-bond acceptors (Lipinski definition) is 5. The number of hydrogen-bond donors (Lipinski definition) is 0. The van der Waals surface area contributed by atoms with Crippen LogP contribution >= 0.6 is 23.1 Å². The molecule has 0 aliphatic heterocycles. The summed E-state index contributed by atoms with van der Waals surface area (Å²) >= 11 is 3.41. The first-order chi connectivity index (χ1) is 8.83. The number of aromatic nitrogens is 1. The second-order valence-corrected chi connectivity index (χ2v) is 5.41. The Morgan fingerprint density at radius 1 is 1.22 bits per heavy atom. The number of nitrogens with zero attached hydrogens (tertiary/aromatic N) is 1. The number of thioether (sulfide) groups is 1. The third-order valence-electron chi connectivity index (χ3n) is 2.45. The Morgan fingerprint density at radius 3 is 2.50 bits per heavy atom. The standard InChI is InChI=1S/C13H15NO2S2/c1-15-13(16-2)10-3-5-12(6-4-10)18-8-11-7-17-9-14-11/h3-7,9,13H,8H2,1-2H3. The molecule has 0 atom stereocenters. The smallest absolute Gasteiger partial charge is 0.183 e. The van der Waals surface area contributed by atoms with Crippen LogP contribution in [0.4, 0.5) is 0 Å². The summed E-state index contributed by atoms with van der Waals surface area (Å²) in [6, 6.07) is 8.22. The van der Waals surface area contributed by atoms with E-state index in [0.29, 0.717) is 0 Å². The number of thiazole rings is 1. The average molecular weight is 281 g/mol. The Balaban J connectivity index is 1.95. The zero-order valence-corrected chi connectivity index (χ0v) is 12.0. The lowest BCUT2D eigenvalue weighted by molar-refractivity contribution is -0.106. The van der Waals surface area contributed by atoms with Gasteiger partial charge in [0, 0.05) is 35.8 Å². The van der Waals surface area contributed by atoms with Crippen molar-refractivity contribution in [3.05, 3.63) is 46.4 Å². The van der Waals surface area contributed by atoms with Crippen LogP contribution in [0.3, 0.4) is 0 Å². The predicted octanol–water partition coefficient (Wildman–Crippen LogP) is 3.73. The van der Waals surface area contributed by atoms with Crippen LogP contribution in [0, 0.1) is 0 Å². The van der Waals surface area contributed by atoms with Crippen molar-refractivity contribution < 1.29 is 9.47 Å². The van der Waals surface area contributed by atoms with Gasteiger partial charge in [0.2, 0.25) is 0 Å². The first-order valence-corrected chi connectivity index (χ1v) is 7.41. The van der Waals surface area contributed by atoms with Crippen molar-refractivity contribution in [2.45, 2.75) is 16.9 Å². The molecule has 0 bridgehead atoms. The lowest BCUT2D eigenvalue weighted by Gasteiger charge is -2.13. The Labute approximate surface area is 115 Å². The Kier molecular flexibility index (Phi) is 5.19. The molecule has 2 rings (SSSR count). The fourth-order valence-electron chi connectivity index (χ4n) is 1.56. The van der Waals surface area contributed by atoms with E-state index in [1.54, 1.807) is 37.3 Å². The molecule has 5 heteroatoms. The molecular weight excluding hydrogens is 266 g/mol. The SMILES string of the molecule is COC(OC)c1ccc(SCc2cscn2)cc1. The normalized spacial score (nSPS) is 11.1. The minimum atomic E-state index is -0.289. The minimum Gasteiger partial charge on any atom is -0.352 e. The van der Waals surface area contributed by atoms with Crippen LogP contribution in [0.5, 0.6) is 0 Å². The van der Waals surface area contributed by atoms with Gasteiger partial charge in [-0.2, -0.15) is 0 Å². The van der Waals surface area contributed by atoms with Crippen molar-refractivity contribution in [3.63, 3.8) is 0 Å². The van der Waals surface area contributed by atoms with Gasteiger partial charge in [-0.05, 0) is 12.1 Å². The number of rotatable bonds is 6. The molecule has 96 valence electrons. The van der Waals surface area contributed by atoms with Crippen LogP contribution < -0.4 is 0 Å². The zero-order valence-electron chi connectivity index (χ0n) is 10.3. The highest BCUT2D eigenvalue weighted by Crippen LogP contribution is 2.25. The molecule has 0 unspecified atom stereocenters. The van der Waals surface area contributed by atoms with Gasteiger partial charge in [0.15, 0.2) is 6.29 Å². The lowest BCUT2D eigenvalue weighted by atomic mass is 10.2. The Hall–Kier alpha value is -0.880. The molecule has 1 heterocycles. The summed E-state index contributed by atoms with van der Waals surface area (Å²) in [5.74, 6) is 0.904. The maximum Gasteiger partial charge on any atom is 0.183 e. The molecule has 0 aliphatic carbocycles. The summed E-state index contributed by atoms with van der Waals surface area (Å²) in [5, 5.41) is 2.08. The van der Waals surface area contributed by atoms with Crippen LogP contribution in [-0.2, 0) is 15.2 Å². The van der Waals surface area contributed by atoms with Crippen molar-refractivity contribution in [3.8, 4) is 0 Å². The molecule has 2 aromatic rings. The zero-order chi connectivity index (χ0) is 12.8. The molecule has 3 nitrogen and oxygen atoms in total. The van der Waals surface area contributed by atoms with E-state index in [-0.39, 0.29) is 6.29 Å². The second-order valence-electron chi connectivity index (χ2n) is 3.64. The van der Waals surface area contributed by atoms with Gasteiger partial charge in [-0.3, -0.25) is 0 Å². The van der Waals surface area contributed by atoms with Crippen molar-refractivity contribution in [1.82, 2.24) is 4.98 Å². The second kappa shape index (κ2) is 6.89. The predicted molar refractivity (Wildman–Crippen MR) is 74.9 cm³/mol. The highest BCUT2D eigenvalue weighted by molar-refractivity contribution is 7.98. The van der Waals surface area contributed by atoms with Gasteiger partial charge < -0.3 is 9.47 Å². The van der Waals surface area contributed by atoms with Crippen molar-refractivity contribution in [2.75, 3.05) is 14.2 Å². The van der Waals surface area contributed by atoms with E-state index < -0.39 is 0 Å². The maximum atomic E-state index is 5.21. The van der Waals surface area contributed by atoms with Crippen molar-refractivity contribution in [2.24, 2.45) is 0 Å². The summed E-state index contributed by atoms with van der Waals surface area (Å²) < 4.78 is 10.4. The van der Waals surface area contributed by atoms with Crippen LogP contribution in [0.2, 0.25) is 0 Å². The molecule has 0 fully saturated rings. The van der Waals surface area contributed by atoms with E-state index >= 15 is 0 Å². The van der Waals surface area contributed by atoms with Gasteiger partial charge in [0.25, 0.3) is 0 Å². The van der Waals surface area contributed by atoms with Gasteiger partial charge in [-0.15, -0.1) is 23.1 Å². The molecule has 0 spiro atoms. The van der Waals surface area contributed by atoms with Gasteiger partial charge in [0.05, 0.1) is 11.2 Å². The third kappa shape index (κ3) is 3.55. The molecule has 1 aromatic heterocycles. The summed E-state index contributed by atoms with van der Waals surface area (Å²) in [6.45, 7) is 0. The summed E-state index contributed by atoms with van der Waals surface area (Å²) in [5.41, 5.74) is 4.01. The Morgan fingerprint density at radius 2 is 1.94 bits per heavy atom. The summed E-state index contributed by atoms with van der Waals surface area (Å²) in [4.78, 5) is 5.48. The van der Waals surface area contributed by atoms with Crippen molar-refractivity contribution >= 4 is 23.1 Å². The summed E-state index contributed by atoms with van der Waals surface area (Å²) in [6.07, 6.45) is -0.289. The van der Waals surface area contributed by atoms with Gasteiger partial charge in [0.1, 0.15) is 0 Å². The largest absolute Gasteiger partial charge is 0.352 e. The molecule has 0 radical (unpaired) electrons. The molecule has 18 heavy (non-hydrogen) atoms. The highest BCUT2D eigenvalue weighted by atomic mass is 32.2. The van der Waals surface area contributed by atoms with E-state index in [0.717, 1.165) is 17.0 Å². The van der Waals surface area contributed by atoms with Crippen LogP contribution in [-0.4, -0.2) is 19.2 Å². The molecule has 0 N–H and O–H groups in total. The van der Waals surface area contributed by atoms with E-state index in [4.69, 9.17) is 9.47 Å². The first-order valence-electron chi connectivity index (χ1n) is 5.49. The van der Waals surface area contributed by atoms with Crippen LogP contribution in [0.1, 0.15) is 17.5 Å². The number of benzene rings is 1. The molecule has 0 aliphatic rings. The minimum absolute atomic E-state index is 0.289. The molecule has 0 amide bonds. The maximum absolute atomic E-state index is 5.21. The molecule has 0 saturated heterocycles. The molecular formula is C13H15NO2S2. The molecule has 1 aromatic carbocycles. The fraction of sp³-hybridized carbons (Fsp3) is 0.308. The van der Waals surface area contributed by atoms with E-state index in [1.807, 2.05) is 17.6 Å². The summed E-state index contributed by atoms with van der Waals surface area (Å²) in [7, 11) is 3.28. The van der Waals surface area contributed by atoms with Gasteiger partial charge in [-0.1, -0.05) is 12.1 Å². The van der Waals surface area contributed by atoms with E-state index in [2.05, 4.69) is 22.5 Å². The van der Waals surface area contributed by atoms with Gasteiger partial charge >= 0.3 is 0 Å². The van der Waals surface area contributed by atoms with Crippen molar-refractivity contribution in [1.29, 1.82) is 0 Å². The monoisotopic (exact) mass is 281 g/mol.